The van der Waals surface area contributed by atoms with Gasteiger partial charge in [-0.25, -0.2) is 0 Å². The van der Waals surface area contributed by atoms with Crippen molar-refractivity contribution in [3.63, 3.8) is 0 Å². The molecule has 5 atom stereocenters. The molecule has 0 spiro atoms. The first kappa shape index (κ1) is 20.7. The second-order valence-electron chi connectivity index (χ2n) is 6.84. The summed E-state index contributed by atoms with van der Waals surface area (Å²) in [6, 6.07) is 19.6. The van der Waals surface area contributed by atoms with Crippen molar-refractivity contribution in [3.8, 4) is 0 Å². The summed E-state index contributed by atoms with van der Waals surface area (Å²) < 4.78 is 23.7. The van der Waals surface area contributed by atoms with E-state index in [0.717, 1.165) is 11.1 Å². The van der Waals surface area contributed by atoms with Crippen LogP contribution in [-0.4, -0.2) is 42.4 Å². The zero-order chi connectivity index (χ0) is 19.8. The maximum absolute atomic E-state index is 11.0. The van der Waals surface area contributed by atoms with Crippen molar-refractivity contribution < 1.29 is 24.1 Å². The average molecular weight is 384 g/mol. The lowest BCUT2D eigenvalue weighted by Gasteiger charge is -2.43. The Morgan fingerprint density at radius 2 is 1.43 bits per heavy atom. The van der Waals surface area contributed by atoms with Crippen LogP contribution in [0.25, 0.3) is 0 Å². The predicted octanol–water partition coefficient (Wildman–Crippen LogP) is 3.47. The van der Waals surface area contributed by atoms with E-state index in [2.05, 4.69) is 6.58 Å². The highest BCUT2D eigenvalue weighted by atomic mass is 16.7. The van der Waals surface area contributed by atoms with Crippen molar-refractivity contribution in [2.75, 3.05) is 6.61 Å². The van der Waals surface area contributed by atoms with E-state index in [-0.39, 0.29) is 6.10 Å². The number of benzene rings is 2. The van der Waals surface area contributed by atoms with Gasteiger partial charge in [-0.05, 0) is 18.1 Å². The summed E-state index contributed by atoms with van der Waals surface area (Å²) in [5.74, 6) is 0. The van der Waals surface area contributed by atoms with Gasteiger partial charge in [0.2, 0.25) is 0 Å². The van der Waals surface area contributed by atoms with Crippen LogP contribution >= 0.6 is 0 Å². The van der Waals surface area contributed by atoms with E-state index in [9.17, 15) is 5.11 Å². The van der Waals surface area contributed by atoms with Crippen LogP contribution in [0.15, 0.2) is 73.3 Å². The molecule has 0 aliphatic carbocycles. The van der Waals surface area contributed by atoms with Crippen LogP contribution in [0.2, 0.25) is 0 Å². The Morgan fingerprint density at radius 3 is 1.96 bits per heavy atom. The fraction of sp³-hybridized carbons (Fsp3) is 0.391. The van der Waals surface area contributed by atoms with Crippen molar-refractivity contribution >= 4 is 0 Å². The standard InChI is InChI=1S/C23H28O5/c1-3-14-25-23-22(27-16-19-12-8-5-9-13-19)20(24)21(17(2)28-23)26-15-18-10-6-4-7-11-18/h3-13,17,20-24H,1,14-16H2,2H3/t17-,20+,21-,22+,23+/m1/s1. The minimum atomic E-state index is -0.883. The Bertz CT molecular complexity index is 705. The molecule has 2 aromatic rings. The van der Waals surface area contributed by atoms with E-state index >= 15 is 0 Å². The first-order valence-corrected chi connectivity index (χ1v) is 9.56. The van der Waals surface area contributed by atoms with Gasteiger partial charge in [-0.1, -0.05) is 66.7 Å². The molecular formula is C23H28O5. The summed E-state index contributed by atoms with van der Waals surface area (Å²) in [5.41, 5.74) is 2.05. The summed E-state index contributed by atoms with van der Waals surface area (Å²) in [4.78, 5) is 0. The average Bonchev–Trinajstić information content (AvgIpc) is 2.73. The summed E-state index contributed by atoms with van der Waals surface area (Å²) in [5, 5.41) is 11.0. The van der Waals surface area contributed by atoms with Gasteiger partial charge in [0.25, 0.3) is 0 Å². The highest BCUT2D eigenvalue weighted by Gasteiger charge is 2.45. The molecule has 0 unspecified atom stereocenters. The van der Waals surface area contributed by atoms with Gasteiger partial charge >= 0.3 is 0 Å². The molecule has 5 heteroatoms. The van der Waals surface area contributed by atoms with Crippen LogP contribution in [0.4, 0.5) is 0 Å². The Balaban J connectivity index is 1.67. The van der Waals surface area contributed by atoms with E-state index in [0.29, 0.717) is 19.8 Å². The maximum atomic E-state index is 11.0. The Morgan fingerprint density at radius 1 is 0.893 bits per heavy atom. The number of hydrogen-bond acceptors (Lipinski definition) is 5. The number of aliphatic hydroxyl groups is 1. The van der Waals surface area contributed by atoms with Crippen molar-refractivity contribution in [2.24, 2.45) is 0 Å². The third kappa shape index (κ3) is 5.50. The lowest BCUT2D eigenvalue weighted by Crippen LogP contribution is -2.59. The monoisotopic (exact) mass is 384 g/mol. The third-order valence-corrected chi connectivity index (χ3v) is 4.70. The summed E-state index contributed by atoms with van der Waals surface area (Å²) in [6.07, 6.45) is -1.46. The van der Waals surface area contributed by atoms with Crippen LogP contribution in [0.1, 0.15) is 18.1 Å². The number of ether oxygens (including phenoxy) is 4. The Hall–Kier alpha value is -2.02. The van der Waals surface area contributed by atoms with Crippen LogP contribution in [0.5, 0.6) is 0 Å². The zero-order valence-electron chi connectivity index (χ0n) is 16.1. The molecule has 0 amide bonds. The van der Waals surface area contributed by atoms with Gasteiger partial charge in [0.05, 0.1) is 25.9 Å². The zero-order valence-corrected chi connectivity index (χ0v) is 16.1. The molecule has 5 nitrogen and oxygen atoms in total. The third-order valence-electron chi connectivity index (χ3n) is 4.70. The van der Waals surface area contributed by atoms with Crippen molar-refractivity contribution in [1.82, 2.24) is 0 Å². The van der Waals surface area contributed by atoms with Gasteiger partial charge in [0.15, 0.2) is 6.29 Å². The molecule has 1 heterocycles. The van der Waals surface area contributed by atoms with E-state index in [1.165, 1.54) is 0 Å². The van der Waals surface area contributed by atoms with Crippen LogP contribution in [0, 0.1) is 0 Å². The largest absolute Gasteiger partial charge is 0.387 e. The molecule has 28 heavy (non-hydrogen) atoms. The minimum absolute atomic E-state index is 0.310. The van der Waals surface area contributed by atoms with Gasteiger partial charge in [-0.3, -0.25) is 0 Å². The molecular weight excluding hydrogens is 356 g/mol. The SMILES string of the molecule is C=CCO[C@H]1O[C@H](C)[C@@H](OCc2ccccc2)[C@H](O)[C@@H]1OCc1ccccc1. The van der Waals surface area contributed by atoms with Gasteiger partial charge in [0, 0.05) is 0 Å². The first-order valence-electron chi connectivity index (χ1n) is 9.56. The van der Waals surface area contributed by atoms with E-state index in [1.54, 1.807) is 6.08 Å². The molecule has 150 valence electrons. The molecule has 0 aromatic heterocycles. The number of rotatable bonds is 9. The topological polar surface area (TPSA) is 57.2 Å². The van der Waals surface area contributed by atoms with Crippen LogP contribution in [0.3, 0.4) is 0 Å². The highest BCUT2D eigenvalue weighted by molar-refractivity contribution is 5.14. The Kier molecular flexibility index (Phi) is 7.77. The lowest BCUT2D eigenvalue weighted by molar-refractivity contribution is -0.309. The smallest absolute Gasteiger partial charge is 0.187 e. The van der Waals surface area contributed by atoms with E-state index < -0.39 is 24.6 Å². The second-order valence-corrected chi connectivity index (χ2v) is 6.84. The second kappa shape index (κ2) is 10.5. The number of hydrogen-bond donors (Lipinski definition) is 1. The molecule has 1 aliphatic rings. The highest BCUT2D eigenvalue weighted by Crippen LogP contribution is 2.28. The van der Waals surface area contributed by atoms with Crippen molar-refractivity contribution in [1.29, 1.82) is 0 Å². The maximum Gasteiger partial charge on any atom is 0.187 e. The summed E-state index contributed by atoms with van der Waals surface area (Å²) >= 11 is 0. The van der Waals surface area contributed by atoms with Crippen molar-refractivity contribution in [3.05, 3.63) is 84.4 Å². The molecule has 1 fully saturated rings. The lowest BCUT2D eigenvalue weighted by atomic mass is 9.99. The normalized spacial score (nSPS) is 27.4. The molecule has 1 N–H and O–H groups in total. The molecule has 2 aromatic carbocycles. The van der Waals surface area contributed by atoms with Crippen LogP contribution in [-0.2, 0) is 32.2 Å². The fourth-order valence-electron chi connectivity index (χ4n) is 3.23. The quantitative estimate of drug-likeness (QED) is 0.671. The molecule has 1 aliphatic heterocycles. The first-order chi connectivity index (χ1) is 13.7. The molecule has 3 rings (SSSR count). The van der Waals surface area contributed by atoms with Crippen molar-refractivity contribution in [2.45, 2.75) is 50.8 Å². The number of aliphatic hydroxyl groups excluding tert-OH is 1. The molecule has 1 saturated heterocycles. The summed E-state index contributed by atoms with van der Waals surface area (Å²) in [7, 11) is 0. The van der Waals surface area contributed by atoms with Gasteiger partial charge in [0.1, 0.15) is 18.3 Å². The Labute approximate surface area is 166 Å². The minimum Gasteiger partial charge on any atom is -0.387 e. The van der Waals surface area contributed by atoms with Crippen LogP contribution < -0.4 is 0 Å². The molecule has 0 radical (unpaired) electrons. The molecule has 0 saturated carbocycles. The summed E-state index contributed by atoms with van der Waals surface area (Å²) in [6.45, 7) is 6.59. The van der Waals surface area contributed by atoms with E-state index in [4.69, 9.17) is 18.9 Å². The molecule has 0 bridgehead atoms. The van der Waals surface area contributed by atoms with Gasteiger partial charge < -0.3 is 24.1 Å². The van der Waals surface area contributed by atoms with E-state index in [1.807, 2.05) is 67.6 Å². The predicted molar refractivity (Wildman–Crippen MR) is 107 cm³/mol. The van der Waals surface area contributed by atoms with Gasteiger partial charge in [-0.2, -0.15) is 0 Å². The fourth-order valence-corrected chi connectivity index (χ4v) is 3.23. The van der Waals surface area contributed by atoms with Gasteiger partial charge in [-0.15, -0.1) is 6.58 Å².